The summed E-state index contributed by atoms with van der Waals surface area (Å²) in [5, 5.41) is 5.98. The molecule has 0 spiro atoms. The molecule has 0 radical (unpaired) electrons. The summed E-state index contributed by atoms with van der Waals surface area (Å²) in [4.78, 5) is 20.5. The van der Waals surface area contributed by atoms with Crippen molar-refractivity contribution in [1.82, 2.24) is 15.3 Å². The zero-order valence-corrected chi connectivity index (χ0v) is 14.8. The molecule has 0 saturated carbocycles. The highest BCUT2D eigenvalue weighted by atomic mass is 16.5. The molecule has 1 aromatic carbocycles. The van der Waals surface area contributed by atoms with E-state index in [1.807, 2.05) is 6.07 Å². The molecule has 1 atom stereocenters. The van der Waals surface area contributed by atoms with Gasteiger partial charge in [0.05, 0.1) is 26.0 Å². The fraction of sp³-hybridized carbons (Fsp3) is 0.389. The van der Waals surface area contributed by atoms with E-state index in [2.05, 4.69) is 20.6 Å². The van der Waals surface area contributed by atoms with E-state index in [1.54, 1.807) is 32.4 Å². The molecule has 138 valence electrons. The van der Waals surface area contributed by atoms with E-state index < -0.39 is 0 Å². The van der Waals surface area contributed by atoms with Gasteiger partial charge < -0.3 is 24.8 Å². The molecule has 8 heteroatoms. The van der Waals surface area contributed by atoms with Crippen LogP contribution >= 0.6 is 0 Å². The van der Waals surface area contributed by atoms with E-state index in [-0.39, 0.29) is 17.7 Å². The molecule has 26 heavy (non-hydrogen) atoms. The third-order valence-corrected chi connectivity index (χ3v) is 4.09. The van der Waals surface area contributed by atoms with Crippen molar-refractivity contribution in [3.8, 4) is 11.5 Å². The Morgan fingerprint density at radius 1 is 1.27 bits per heavy atom. The third kappa shape index (κ3) is 4.40. The minimum atomic E-state index is -0.257. The van der Waals surface area contributed by atoms with E-state index in [9.17, 15) is 4.79 Å². The lowest BCUT2D eigenvalue weighted by atomic mass is 10.2. The van der Waals surface area contributed by atoms with Crippen LogP contribution in [0.4, 0.5) is 11.5 Å². The number of hydrogen-bond acceptors (Lipinski definition) is 7. The lowest BCUT2D eigenvalue weighted by Crippen LogP contribution is -2.32. The monoisotopic (exact) mass is 358 g/mol. The lowest BCUT2D eigenvalue weighted by Gasteiger charge is -2.13. The van der Waals surface area contributed by atoms with Gasteiger partial charge in [0.15, 0.2) is 0 Å². The van der Waals surface area contributed by atoms with Crippen molar-refractivity contribution < 1.29 is 19.0 Å². The fourth-order valence-electron chi connectivity index (χ4n) is 2.69. The maximum Gasteiger partial charge on any atom is 0.270 e. The van der Waals surface area contributed by atoms with Crippen LogP contribution in [0, 0.1) is 0 Å². The van der Waals surface area contributed by atoms with Crippen LogP contribution in [0.25, 0.3) is 0 Å². The Bertz CT molecular complexity index is 763. The van der Waals surface area contributed by atoms with Crippen LogP contribution in [0.2, 0.25) is 0 Å². The maximum atomic E-state index is 12.3. The van der Waals surface area contributed by atoms with Crippen LogP contribution in [-0.2, 0) is 4.74 Å². The number of anilines is 2. The summed E-state index contributed by atoms with van der Waals surface area (Å²) in [6.45, 7) is 1.24. The van der Waals surface area contributed by atoms with E-state index in [4.69, 9.17) is 14.2 Å². The molecule has 0 aliphatic carbocycles. The largest absolute Gasteiger partial charge is 0.497 e. The third-order valence-electron chi connectivity index (χ3n) is 4.09. The van der Waals surface area contributed by atoms with Crippen molar-refractivity contribution in [1.29, 1.82) is 0 Å². The van der Waals surface area contributed by atoms with Crippen molar-refractivity contribution >= 4 is 17.4 Å². The molecular formula is C18H22N4O4. The Balaban J connectivity index is 1.68. The van der Waals surface area contributed by atoms with Crippen LogP contribution < -0.4 is 20.1 Å². The van der Waals surface area contributed by atoms with Gasteiger partial charge in [-0.25, -0.2) is 9.97 Å². The second kappa shape index (κ2) is 8.48. The van der Waals surface area contributed by atoms with Crippen molar-refractivity contribution in [3.63, 3.8) is 0 Å². The highest BCUT2D eigenvalue weighted by Crippen LogP contribution is 2.30. The van der Waals surface area contributed by atoms with Gasteiger partial charge in [0.1, 0.15) is 29.3 Å². The molecule has 0 bridgehead atoms. The van der Waals surface area contributed by atoms with Crippen LogP contribution in [0.3, 0.4) is 0 Å². The molecule has 1 amide bonds. The van der Waals surface area contributed by atoms with Gasteiger partial charge in [0.2, 0.25) is 0 Å². The molecule has 1 aliphatic rings. The molecular weight excluding hydrogens is 336 g/mol. The number of methoxy groups -OCH3 is 2. The van der Waals surface area contributed by atoms with Crippen LogP contribution in [0.5, 0.6) is 11.5 Å². The molecule has 2 heterocycles. The number of amides is 1. The van der Waals surface area contributed by atoms with Gasteiger partial charge in [-0.3, -0.25) is 4.79 Å². The minimum Gasteiger partial charge on any atom is -0.497 e. The standard InChI is InChI=1S/C18H22N4O4/c1-24-12-5-6-14(16(8-12)25-2)22-17-9-15(20-11-21-17)18(23)19-10-13-4-3-7-26-13/h5-6,8-9,11,13H,3-4,7,10H2,1-2H3,(H,19,23)(H,20,21,22). The minimum absolute atomic E-state index is 0.0851. The lowest BCUT2D eigenvalue weighted by molar-refractivity contribution is 0.0853. The average molecular weight is 358 g/mol. The van der Waals surface area contributed by atoms with Crippen molar-refractivity contribution in [2.75, 3.05) is 32.7 Å². The number of hydrogen-bond donors (Lipinski definition) is 2. The second-order valence-electron chi connectivity index (χ2n) is 5.82. The predicted octanol–water partition coefficient (Wildman–Crippen LogP) is 2.15. The highest BCUT2D eigenvalue weighted by Gasteiger charge is 2.17. The Kier molecular flexibility index (Phi) is 5.85. The maximum absolute atomic E-state index is 12.3. The number of ether oxygens (including phenoxy) is 3. The predicted molar refractivity (Wildman–Crippen MR) is 96.2 cm³/mol. The second-order valence-corrected chi connectivity index (χ2v) is 5.82. The van der Waals surface area contributed by atoms with Gasteiger partial charge in [-0.15, -0.1) is 0 Å². The molecule has 1 unspecified atom stereocenters. The first-order valence-electron chi connectivity index (χ1n) is 8.40. The topological polar surface area (TPSA) is 94.6 Å². The highest BCUT2D eigenvalue weighted by molar-refractivity contribution is 5.93. The van der Waals surface area contributed by atoms with Gasteiger partial charge in [-0.1, -0.05) is 0 Å². The molecule has 1 aromatic heterocycles. The first-order chi connectivity index (χ1) is 12.7. The summed E-state index contributed by atoms with van der Waals surface area (Å²) in [6.07, 6.45) is 3.43. The summed E-state index contributed by atoms with van der Waals surface area (Å²) < 4.78 is 16.0. The number of nitrogens with one attached hydrogen (secondary N) is 2. The Morgan fingerprint density at radius 2 is 2.15 bits per heavy atom. The first-order valence-corrected chi connectivity index (χ1v) is 8.40. The smallest absolute Gasteiger partial charge is 0.270 e. The van der Waals surface area contributed by atoms with E-state index in [1.165, 1.54) is 6.33 Å². The fourth-order valence-corrected chi connectivity index (χ4v) is 2.69. The molecule has 1 saturated heterocycles. The summed E-state index contributed by atoms with van der Waals surface area (Å²) in [5.74, 6) is 1.52. The van der Waals surface area contributed by atoms with Gasteiger partial charge >= 0.3 is 0 Å². The molecule has 1 fully saturated rings. The van der Waals surface area contributed by atoms with E-state index >= 15 is 0 Å². The zero-order chi connectivity index (χ0) is 18.4. The SMILES string of the molecule is COc1ccc(Nc2cc(C(=O)NCC3CCCO3)ncn2)c(OC)c1. The van der Waals surface area contributed by atoms with Crippen LogP contribution in [-0.4, -0.2) is 49.4 Å². The normalized spacial score (nSPS) is 16.2. The number of benzene rings is 1. The van der Waals surface area contributed by atoms with Crippen LogP contribution in [0.1, 0.15) is 23.3 Å². The summed E-state index contributed by atoms with van der Waals surface area (Å²) >= 11 is 0. The Morgan fingerprint density at radius 3 is 2.88 bits per heavy atom. The number of aromatic nitrogens is 2. The van der Waals surface area contributed by atoms with E-state index in [0.29, 0.717) is 29.5 Å². The quantitative estimate of drug-likeness (QED) is 0.783. The number of carbonyl (C=O) groups excluding carboxylic acids is 1. The molecule has 2 aromatic rings. The van der Waals surface area contributed by atoms with Crippen molar-refractivity contribution in [3.05, 3.63) is 36.3 Å². The number of rotatable bonds is 7. The summed E-state index contributed by atoms with van der Waals surface area (Å²) in [6, 6.07) is 6.98. The zero-order valence-electron chi connectivity index (χ0n) is 14.8. The van der Waals surface area contributed by atoms with Crippen molar-refractivity contribution in [2.24, 2.45) is 0 Å². The van der Waals surface area contributed by atoms with Crippen LogP contribution in [0.15, 0.2) is 30.6 Å². The van der Waals surface area contributed by atoms with E-state index in [0.717, 1.165) is 19.4 Å². The number of nitrogens with zero attached hydrogens (tertiary/aromatic N) is 2. The van der Waals surface area contributed by atoms with Gasteiger partial charge in [-0.05, 0) is 25.0 Å². The van der Waals surface area contributed by atoms with Gasteiger partial charge in [0, 0.05) is 25.3 Å². The Hall–Kier alpha value is -2.87. The number of carbonyl (C=O) groups is 1. The summed E-state index contributed by atoms with van der Waals surface area (Å²) in [5.41, 5.74) is 0.991. The van der Waals surface area contributed by atoms with Crippen molar-refractivity contribution in [2.45, 2.75) is 18.9 Å². The molecule has 1 aliphatic heterocycles. The van der Waals surface area contributed by atoms with Gasteiger partial charge in [-0.2, -0.15) is 0 Å². The Labute approximate surface area is 151 Å². The molecule has 3 rings (SSSR count). The average Bonchev–Trinajstić information content (AvgIpc) is 3.20. The van der Waals surface area contributed by atoms with Gasteiger partial charge in [0.25, 0.3) is 5.91 Å². The first kappa shape index (κ1) is 17.9. The summed E-state index contributed by atoms with van der Waals surface area (Å²) in [7, 11) is 3.16. The molecule has 2 N–H and O–H groups in total. The molecule has 8 nitrogen and oxygen atoms in total.